The van der Waals surface area contributed by atoms with Crippen molar-refractivity contribution >= 4 is 40.5 Å². The molecule has 0 aliphatic heterocycles. The average Bonchev–Trinajstić information content (AvgIpc) is 2.91. The van der Waals surface area contributed by atoms with E-state index in [2.05, 4.69) is 5.32 Å². The SMILES string of the molecule is C[C@@H](OC(=O)Cc1cccs1)C(=O)Nc1cccc(Cl)c1. The van der Waals surface area contributed by atoms with E-state index in [0.717, 1.165) is 4.88 Å². The third kappa shape index (κ3) is 4.88. The van der Waals surface area contributed by atoms with Crippen LogP contribution in [0.25, 0.3) is 0 Å². The van der Waals surface area contributed by atoms with Crippen molar-refractivity contribution in [2.24, 2.45) is 0 Å². The van der Waals surface area contributed by atoms with Gasteiger partial charge in [0.1, 0.15) is 0 Å². The second-order valence-corrected chi connectivity index (χ2v) is 5.86. The molecule has 0 aliphatic carbocycles. The van der Waals surface area contributed by atoms with Crippen molar-refractivity contribution in [3.8, 4) is 0 Å². The van der Waals surface area contributed by atoms with E-state index in [4.69, 9.17) is 16.3 Å². The lowest BCUT2D eigenvalue weighted by atomic mass is 10.3. The zero-order valence-corrected chi connectivity index (χ0v) is 12.9. The zero-order chi connectivity index (χ0) is 15.2. The Morgan fingerprint density at radius 3 is 2.81 bits per heavy atom. The van der Waals surface area contributed by atoms with E-state index >= 15 is 0 Å². The number of amides is 1. The fraction of sp³-hybridized carbons (Fsp3) is 0.200. The summed E-state index contributed by atoms with van der Waals surface area (Å²) in [6.45, 7) is 1.53. The Balaban J connectivity index is 1.86. The number of thiophene rings is 1. The largest absolute Gasteiger partial charge is 0.452 e. The maximum Gasteiger partial charge on any atom is 0.311 e. The summed E-state index contributed by atoms with van der Waals surface area (Å²) < 4.78 is 5.11. The second kappa shape index (κ2) is 7.24. The summed E-state index contributed by atoms with van der Waals surface area (Å²) in [6.07, 6.45) is -0.691. The number of rotatable bonds is 5. The van der Waals surface area contributed by atoms with Crippen LogP contribution in [0, 0.1) is 0 Å². The summed E-state index contributed by atoms with van der Waals surface area (Å²) in [5.41, 5.74) is 0.564. The lowest BCUT2D eigenvalue weighted by Gasteiger charge is -2.13. The van der Waals surface area contributed by atoms with E-state index in [1.54, 1.807) is 24.3 Å². The van der Waals surface area contributed by atoms with Crippen LogP contribution in [0.15, 0.2) is 41.8 Å². The third-order valence-corrected chi connectivity index (χ3v) is 3.78. The van der Waals surface area contributed by atoms with Gasteiger partial charge < -0.3 is 10.1 Å². The molecule has 1 aromatic heterocycles. The van der Waals surface area contributed by atoms with Crippen molar-refractivity contribution in [2.45, 2.75) is 19.4 Å². The fourth-order valence-electron chi connectivity index (χ4n) is 1.66. The van der Waals surface area contributed by atoms with Gasteiger partial charge >= 0.3 is 5.97 Å². The summed E-state index contributed by atoms with van der Waals surface area (Å²) in [6, 6.07) is 10.5. The van der Waals surface area contributed by atoms with Gasteiger partial charge in [-0.3, -0.25) is 9.59 Å². The summed E-state index contributed by atoms with van der Waals surface area (Å²) in [7, 11) is 0. The highest BCUT2D eigenvalue weighted by Gasteiger charge is 2.18. The minimum atomic E-state index is -0.864. The van der Waals surface area contributed by atoms with Crippen molar-refractivity contribution in [3.63, 3.8) is 0 Å². The molecule has 1 N–H and O–H groups in total. The molecule has 21 heavy (non-hydrogen) atoms. The van der Waals surface area contributed by atoms with Gasteiger partial charge in [0.25, 0.3) is 5.91 Å². The van der Waals surface area contributed by atoms with Crippen molar-refractivity contribution in [2.75, 3.05) is 5.32 Å². The highest BCUT2D eigenvalue weighted by Crippen LogP contribution is 2.15. The number of halogens is 1. The Labute approximate surface area is 131 Å². The van der Waals surface area contributed by atoms with Crippen LogP contribution in [0.5, 0.6) is 0 Å². The van der Waals surface area contributed by atoms with Crippen LogP contribution in [0.2, 0.25) is 5.02 Å². The quantitative estimate of drug-likeness (QED) is 0.857. The van der Waals surface area contributed by atoms with Crippen LogP contribution in [0.4, 0.5) is 5.69 Å². The highest BCUT2D eigenvalue weighted by atomic mass is 35.5. The van der Waals surface area contributed by atoms with Crippen LogP contribution in [-0.4, -0.2) is 18.0 Å². The predicted molar refractivity (Wildman–Crippen MR) is 83.7 cm³/mol. The maximum atomic E-state index is 11.9. The molecule has 0 aliphatic rings. The molecule has 0 fully saturated rings. The van der Waals surface area contributed by atoms with E-state index in [0.29, 0.717) is 10.7 Å². The molecule has 6 heteroatoms. The molecule has 0 saturated heterocycles. The Morgan fingerprint density at radius 2 is 2.14 bits per heavy atom. The first kappa shape index (κ1) is 15.5. The fourth-order valence-corrected chi connectivity index (χ4v) is 2.54. The first-order chi connectivity index (χ1) is 10.0. The molecule has 1 amide bonds. The summed E-state index contributed by atoms with van der Waals surface area (Å²) in [4.78, 5) is 24.6. The van der Waals surface area contributed by atoms with Crippen molar-refractivity contribution < 1.29 is 14.3 Å². The first-order valence-electron chi connectivity index (χ1n) is 6.33. The Hall–Kier alpha value is -1.85. The molecular weight excluding hydrogens is 310 g/mol. The van der Waals surface area contributed by atoms with Gasteiger partial charge in [-0.1, -0.05) is 23.7 Å². The number of hydrogen-bond acceptors (Lipinski definition) is 4. The van der Waals surface area contributed by atoms with Gasteiger partial charge in [-0.15, -0.1) is 11.3 Å². The molecule has 110 valence electrons. The monoisotopic (exact) mass is 323 g/mol. The maximum absolute atomic E-state index is 11.9. The average molecular weight is 324 g/mol. The minimum Gasteiger partial charge on any atom is -0.452 e. The van der Waals surface area contributed by atoms with E-state index in [-0.39, 0.29) is 6.42 Å². The van der Waals surface area contributed by atoms with E-state index < -0.39 is 18.0 Å². The van der Waals surface area contributed by atoms with Crippen LogP contribution >= 0.6 is 22.9 Å². The van der Waals surface area contributed by atoms with Gasteiger partial charge in [0.05, 0.1) is 6.42 Å². The van der Waals surface area contributed by atoms with Crippen LogP contribution in [0.1, 0.15) is 11.8 Å². The van der Waals surface area contributed by atoms with Gasteiger partial charge in [-0.05, 0) is 36.6 Å². The molecule has 2 rings (SSSR count). The third-order valence-electron chi connectivity index (χ3n) is 2.67. The lowest BCUT2D eigenvalue weighted by molar-refractivity contribution is -0.152. The van der Waals surface area contributed by atoms with Gasteiger partial charge in [-0.2, -0.15) is 0 Å². The highest BCUT2D eigenvalue weighted by molar-refractivity contribution is 7.10. The van der Waals surface area contributed by atoms with Gasteiger partial charge in [-0.25, -0.2) is 0 Å². The Morgan fingerprint density at radius 1 is 1.33 bits per heavy atom. The normalized spacial score (nSPS) is 11.7. The number of ether oxygens (including phenoxy) is 1. The molecule has 0 radical (unpaired) electrons. The molecule has 0 saturated carbocycles. The smallest absolute Gasteiger partial charge is 0.311 e. The van der Waals surface area contributed by atoms with Crippen LogP contribution in [-0.2, 0) is 20.7 Å². The molecule has 1 aromatic carbocycles. The number of carbonyl (C=O) groups excluding carboxylic acids is 2. The lowest BCUT2D eigenvalue weighted by Crippen LogP contribution is -2.30. The Bertz CT molecular complexity index is 628. The van der Waals surface area contributed by atoms with Crippen LogP contribution < -0.4 is 5.32 Å². The molecule has 1 atom stereocenters. The first-order valence-corrected chi connectivity index (χ1v) is 7.58. The molecule has 0 unspecified atom stereocenters. The number of benzene rings is 1. The number of hydrogen-bond donors (Lipinski definition) is 1. The number of carbonyl (C=O) groups is 2. The summed E-state index contributed by atoms with van der Waals surface area (Å²) in [5.74, 6) is -0.817. The molecule has 2 aromatic rings. The minimum absolute atomic E-state index is 0.173. The predicted octanol–water partition coefficient (Wildman–Crippen LogP) is 3.51. The van der Waals surface area contributed by atoms with E-state index in [1.165, 1.54) is 18.3 Å². The van der Waals surface area contributed by atoms with Crippen molar-refractivity contribution in [1.29, 1.82) is 0 Å². The zero-order valence-electron chi connectivity index (χ0n) is 11.3. The molecule has 0 spiro atoms. The molecule has 1 heterocycles. The summed E-state index contributed by atoms with van der Waals surface area (Å²) >= 11 is 7.31. The van der Waals surface area contributed by atoms with Gasteiger partial charge in [0.15, 0.2) is 6.10 Å². The number of esters is 1. The summed E-state index contributed by atoms with van der Waals surface area (Å²) in [5, 5.41) is 5.06. The van der Waals surface area contributed by atoms with Gasteiger partial charge in [0, 0.05) is 15.6 Å². The standard InChI is InChI=1S/C15H14ClNO3S/c1-10(20-14(18)9-13-6-3-7-21-13)15(19)17-12-5-2-4-11(16)8-12/h2-8,10H,9H2,1H3,(H,17,19)/t10-/m1/s1. The van der Waals surface area contributed by atoms with Crippen molar-refractivity contribution in [3.05, 3.63) is 51.7 Å². The number of nitrogens with one attached hydrogen (secondary N) is 1. The van der Waals surface area contributed by atoms with E-state index in [1.807, 2.05) is 17.5 Å². The second-order valence-electron chi connectivity index (χ2n) is 4.39. The molecule has 0 bridgehead atoms. The van der Waals surface area contributed by atoms with Gasteiger partial charge in [0.2, 0.25) is 0 Å². The van der Waals surface area contributed by atoms with E-state index in [9.17, 15) is 9.59 Å². The number of anilines is 1. The Kier molecular flexibility index (Phi) is 5.36. The van der Waals surface area contributed by atoms with Crippen LogP contribution in [0.3, 0.4) is 0 Å². The molecular formula is C15H14ClNO3S. The topological polar surface area (TPSA) is 55.4 Å². The van der Waals surface area contributed by atoms with Crippen molar-refractivity contribution in [1.82, 2.24) is 0 Å². The molecule has 4 nitrogen and oxygen atoms in total.